The summed E-state index contributed by atoms with van der Waals surface area (Å²) >= 11 is 0. The summed E-state index contributed by atoms with van der Waals surface area (Å²) in [7, 11) is 0. The first-order chi connectivity index (χ1) is 26.3. The van der Waals surface area contributed by atoms with Gasteiger partial charge in [-0.25, -0.2) is 0 Å². The highest BCUT2D eigenvalue weighted by molar-refractivity contribution is 6.11. The third-order valence-corrected chi connectivity index (χ3v) is 10.5. The highest BCUT2D eigenvalue weighted by Gasteiger charge is 2.17. The van der Waals surface area contributed by atoms with Crippen molar-refractivity contribution in [1.82, 2.24) is 9.97 Å². The number of pyridine rings is 2. The minimum absolute atomic E-state index is 0.819. The van der Waals surface area contributed by atoms with Crippen molar-refractivity contribution in [2.24, 2.45) is 0 Å². The van der Waals surface area contributed by atoms with E-state index in [1.807, 2.05) is 12.4 Å². The van der Waals surface area contributed by atoms with Gasteiger partial charge in [-0.15, -0.1) is 0 Å². The van der Waals surface area contributed by atoms with Gasteiger partial charge in [0.05, 0.1) is 11.4 Å². The average molecular weight is 697 g/mol. The molecule has 0 aliphatic carbocycles. The minimum Gasteiger partial charge on any atom is -0.455 e. The summed E-state index contributed by atoms with van der Waals surface area (Å²) in [5, 5.41) is 4.60. The van der Waals surface area contributed by atoms with Crippen LogP contribution < -0.4 is 0 Å². The lowest BCUT2D eigenvalue weighted by atomic mass is 9.95. The van der Waals surface area contributed by atoms with Crippen LogP contribution in [-0.4, -0.2) is 9.97 Å². The summed E-state index contributed by atoms with van der Waals surface area (Å²) in [4.78, 5) is 9.56. The third-order valence-electron chi connectivity index (χ3n) is 10.5. The molecule has 0 radical (unpaired) electrons. The molecule has 0 spiro atoms. The number of rotatable bonds is 5. The molecule has 0 aliphatic heterocycles. The maximum atomic E-state index is 6.47. The van der Waals surface area contributed by atoms with Crippen molar-refractivity contribution in [2.45, 2.75) is 27.7 Å². The van der Waals surface area contributed by atoms with E-state index in [1.165, 1.54) is 22.3 Å². The van der Waals surface area contributed by atoms with Crippen LogP contribution in [-0.2, 0) is 0 Å². The Bertz CT molecular complexity index is 2900. The largest absolute Gasteiger partial charge is 0.455 e. The summed E-state index contributed by atoms with van der Waals surface area (Å²) in [6, 6.07) is 47.4. The Morgan fingerprint density at radius 3 is 1.22 bits per heavy atom. The van der Waals surface area contributed by atoms with E-state index in [2.05, 4.69) is 161 Å². The Labute approximate surface area is 313 Å². The van der Waals surface area contributed by atoms with Gasteiger partial charge in [-0.3, -0.25) is 9.97 Å². The topological polar surface area (TPSA) is 52.1 Å². The SMILES string of the molecule is Cc1ccc2oc3c(-c4cccc(-c5ccnc(-c6cc(-c7cccc(-c8cc(C)cc9c8oc8ccc(C)cc89)c7)ccn6)c5)c4)cc(C)cc3c2c1. The molecule has 0 N–H and O–H groups in total. The van der Waals surface area contributed by atoms with Crippen LogP contribution in [0.2, 0.25) is 0 Å². The highest BCUT2D eigenvalue weighted by Crippen LogP contribution is 2.40. The zero-order valence-corrected chi connectivity index (χ0v) is 30.6. The summed E-state index contributed by atoms with van der Waals surface area (Å²) in [6.07, 6.45) is 3.74. The standard InChI is InChI=1S/C50H36N2O2/c1-29-11-13-47-41(19-29)43-23-31(3)21-39(49(43)53-47)37-9-5-7-33(25-37)35-15-17-51-45(27-35)46-28-36(16-18-52-46)34-8-6-10-38(26-34)40-22-32(4)24-44-42-20-30(2)12-14-48(42)54-50(40)44/h5-28H,1-4H3. The van der Waals surface area contributed by atoms with Crippen molar-refractivity contribution in [3.8, 4) is 55.9 Å². The first kappa shape index (κ1) is 31.9. The van der Waals surface area contributed by atoms with E-state index in [-0.39, 0.29) is 0 Å². The van der Waals surface area contributed by atoms with Gasteiger partial charge in [0.15, 0.2) is 0 Å². The van der Waals surface area contributed by atoms with Gasteiger partial charge >= 0.3 is 0 Å². The Morgan fingerprint density at radius 1 is 0.352 bits per heavy atom. The molecular weight excluding hydrogens is 661 g/mol. The quantitative estimate of drug-likeness (QED) is 0.180. The molecule has 4 aromatic heterocycles. The number of aromatic nitrogens is 2. The summed E-state index contributed by atoms with van der Waals surface area (Å²) in [5.41, 5.74) is 18.9. The van der Waals surface area contributed by atoms with Gasteiger partial charge in [0.2, 0.25) is 0 Å². The van der Waals surface area contributed by atoms with Crippen LogP contribution >= 0.6 is 0 Å². The molecule has 10 rings (SSSR count). The van der Waals surface area contributed by atoms with Crippen molar-refractivity contribution < 1.29 is 8.83 Å². The molecule has 0 amide bonds. The number of furan rings is 2. The van der Waals surface area contributed by atoms with Crippen molar-refractivity contribution in [2.75, 3.05) is 0 Å². The van der Waals surface area contributed by atoms with Crippen LogP contribution in [0.5, 0.6) is 0 Å². The molecule has 54 heavy (non-hydrogen) atoms. The summed E-state index contributed by atoms with van der Waals surface area (Å²) in [6.45, 7) is 8.54. The number of aryl methyl sites for hydroxylation is 4. The Morgan fingerprint density at radius 2 is 0.759 bits per heavy atom. The second-order valence-corrected chi connectivity index (χ2v) is 14.6. The second-order valence-electron chi connectivity index (χ2n) is 14.6. The lowest BCUT2D eigenvalue weighted by molar-refractivity contribution is 0.669. The van der Waals surface area contributed by atoms with Crippen LogP contribution in [0.4, 0.5) is 0 Å². The van der Waals surface area contributed by atoms with E-state index >= 15 is 0 Å². The number of hydrogen-bond donors (Lipinski definition) is 0. The Hall–Kier alpha value is -6.78. The van der Waals surface area contributed by atoms with Crippen LogP contribution in [0.1, 0.15) is 22.3 Å². The molecule has 258 valence electrons. The van der Waals surface area contributed by atoms with Gasteiger partial charge < -0.3 is 8.83 Å². The van der Waals surface area contributed by atoms with E-state index < -0.39 is 0 Å². The number of hydrogen-bond acceptors (Lipinski definition) is 4. The average Bonchev–Trinajstić information content (AvgIpc) is 3.75. The molecule has 0 unspecified atom stereocenters. The molecule has 0 saturated heterocycles. The van der Waals surface area contributed by atoms with Crippen molar-refractivity contribution in [3.63, 3.8) is 0 Å². The fourth-order valence-corrected chi connectivity index (χ4v) is 7.93. The molecular formula is C50H36N2O2. The van der Waals surface area contributed by atoms with Gasteiger partial charge in [-0.2, -0.15) is 0 Å². The molecule has 0 atom stereocenters. The second kappa shape index (κ2) is 12.4. The van der Waals surface area contributed by atoms with E-state index in [1.54, 1.807) is 0 Å². The molecule has 0 aliphatic rings. The van der Waals surface area contributed by atoms with Crippen molar-refractivity contribution >= 4 is 43.9 Å². The smallest absolute Gasteiger partial charge is 0.143 e. The number of nitrogens with zero attached hydrogens (tertiary/aromatic N) is 2. The van der Waals surface area contributed by atoms with Gasteiger partial charge in [-0.05, 0) is 157 Å². The fourth-order valence-electron chi connectivity index (χ4n) is 7.93. The molecule has 6 aromatic carbocycles. The van der Waals surface area contributed by atoms with Gasteiger partial charge in [-0.1, -0.05) is 59.7 Å². The highest BCUT2D eigenvalue weighted by atomic mass is 16.3. The van der Waals surface area contributed by atoms with E-state index in [0.29, 0.717) is 0 Å². The maximum Gasteiger partial charge on any atom is 0.143 e. The Balaban J connectivity index is 1.00. The summed E-state index contributed by atoms with van der Waals surface area (Å²) in [5.74, 6) is 0. The van der Waals surface area contributed by atoms with Gasteiger partial charge in [0, 0.05) is 45.1 Å². The zero-order valence-electron chi connectivity index (χ0n) is 30.6. The molecule has 4 nitrogen and oxygen atoms in total. The van der Waals surface area contributed by atoms with Crippen molar-refractivity contribution in [1.29, 1.82) is 0 Å². The van der Waals surface area contributed by atoms with Crippen LogP contribution in [0.3, 0.4) is 0 Å². The maximum absolute atomic E-state index is 6.47. The molecule has 10 aromatic rings. The molecule has 0 fully saturated rings. The fraction of sp³-hybridized carbons (Fsp3) is 0.0800. The first-order valence-corrected chi connectivity index (χ1v) is 18.4. The lowest BCUT2D eigenvalue weighted by Gasteiger charge is -2.10. The Kier molecular flexibility index (Phi) is 7.34. The lowest BCUT2D eigenvalue weighted by Crippen LogP contribution is -1.90. The predicted octanol–water partition coefficient (Wildman–Crippen LogP) is 13.8. The molecule has 0 bridgehead atoms. The first-order valence-electron chi connectivity index (χ1n) is 18.4. The molecule has 4 heterocycles. The normalized spacial score (nSPS) is 11.7. The van der Waals surface area contributed by atoms with Crippen LogP contribution in [0.25, 0.3) is 99.8 Å². The summed E-state index contributed by atoms with van der Waals surface area (Å²) < 4.78 is 12.9. The molecule has 0 saturated carbocycles. The van der Waals surface area contributed by atoms with E-state index in [4.69, 9.17) is 18.8 Å². The van der Waals surface area contributed by atoms with Crippen molar-refractivity contribution in [3.05, 3.63) is 168 Å². The van der Waals surface area contributed by atoms with Gasteiger partial charge in [0.1, 0.15) is 22.3 Å². The zero-order chi connectivity index (χ0) is 36.5. The van der Waals surface area contributed by atoms with Crippen LogP contribution in [0.15, 0.2) is 155 Å². The van der Waals surface area contributed by atoms with E-state index in [9.17, 15) is 0 Å². The predicted molar refractivity (Wildman–Crippen MR) is 223 cm³/mol. The van der Waals surface area contributed by atoms with Gasteiger partial charge in [0.25, 0.3) is 0 Å². The van der Waals surface area contributed by atoms with Crippen LogP contribution in [0, 0.1) is 27.7 Å². The third kappa shape index (κ3) is 5.46. The number of benzene rings is 6. The monoisotopic (exact) mass is 696 g/mol. The molecule has 4 heteroatoms. The van der Waals surface area contributed by atoms with E-state index in [0.717, 1.165) is 99.8 Å². The number of fused-ring (bicyclic) bond motifs is 6. The minimum atomic E-state index is 0.819.